The van der Waals surface area contributed by atoms with E-state index < -0.39 is 0 Å². The van der Waals surface area contributed by atoms with Crippen LogP contribution in [-0.4, -0.2) is 36.5 Å². The molecule has 3 heteroatoms. The number of carbonyl (C=O) groups excluding carboxylic acids is 1. The van der Waals surface area contributed by atoms with Gasteiger partial charge < -0.3 is 10.2 Å². The highest BCUT2D eigenvalue weighted by Gasteiger charge is 2.47. The number of amides is 1. The zero-order valence-electron chi connectivity index (χ0n) is 10.7. The Morgan fingerprint density at radius 2 is 2.07 bits per heavy atom. The summed E-state index contributed by atoms with van der Waals surface area (Å²) in [7, 11) is 1.82. The quantitative estimate of drug-likeness (QED) is 0.754. The van der Waals surface area contributed by atoms with Gasteiger partial charge in [0, 0.05) is 12.1 Å². The first-order chi connectivity index (χ1) is 6.83. The van der Waals surface area contributed by atoms with E-state index in [2.05, 4.69) is 37.9 Å². The Labute approximate surface area is 93.2 Å². The molecule has 1 saturated heterocycles. The van der Waals surface area contributed by atoms with Gasteiger partial charge in [-0.3, -0.25) is 4.79 Å². The first-order valence-corrected chi connectivity index (χ1v) is 5.78. The molecule has 0 aromatic carbocycles. The summed E-state index contributed by atoms with van der Waals surface area (Å²) in [5.41, 5.74) is 0.161. The first kappa shape index (κ1) is 12.5. The molecule has 0 unspecified atom stereocenters. The van der Waals surface area contributed by atoms with E-state index in [4.69, 9.17) is 0 Å². The van der Waals surface area contributed by atoms with Crippen molar-refractivity contribution < 1.29 is 4.79 Å². The Hall–Kier alpha value is -0.570. The Kier molecular flexibility index (Phi) is 3.44. The third-order valence-corrected chi connectivity index (χ3v) is 3.89. The smallest absolute Gasteiger partial charge is 0.236 e. The Morgan fingerprint density at radius 1 is 1.47 bits per heavy atom. The summed E-state index contributed by atoms with van der Waals surface area (Å²) in [5.74, 6) is 0.229. The minimum absolute atomic E-state index is 0.0148. The van der Waals surface area contributed by atoms with Gasteiger partial charge in [-0.2, -0.15) is 0 Å². The van der Waals surface area contributed by atoms with Crippen LogP contribution in [0, 0.1) is 5.41 Å². The van der Waals surface area contributed by atoms with Crippen molar-refractivity contribution in [2.24, 2.45) is 5.41 Å². The van der Waals surface area contributed by atoms with Crippen LogP contribution in [0.1, 0.15) is 40.5 Å². The van der Waals surface area contributed by atoms with Crippen molar-refractivity contribution in [1.82, 2.24) is 10.2 Å². The van der Waals surface area contributed by atoms with Gasteiger partial charge in [0.1, 0.15) is 0 Å². The molecule has 0 saturated carbocycles. The predicted molar refractivity (Wildman–Crippen MR) is 62.7 cm³/mol. The van der Waals surface area contributed by atoms with Gasteiger partial charge in [-0.05, 0) is 32.2 Å². The van der Waals surface area contributed by atoms with Crippen molar-refractivity contribution in [3.05, 3.63) is 0 Å². The van der Waals surface area contributed by atoms with Crippen LogP contribution in [-0.2, 0) is 4.79 Å². The van der Waals surface area contributed by atoms with Gasteiger partial charge in [0.05, 0.1) is 6.54 Å². The van der Waals surface area contributed by atoms with Crippen LogP contribution >= 0.6 is 0 Å². The summed E-state index contributed by atoms with van der Waals surface area (Å²) < 4.78 is 0. The molecule has 88 valence electrons. The van der Waals surface area contributed by atoms with Crippen LogP contribution in [0.15, 0.2) is 0 Å². The van der Waals surface area contributed by atoms with Crippen LogP contribution in [0.25, 0.3) is 0 Å². The molecule has 1 fully saturated rings. The zero-order valence-corrected chi connectivity index (χ0v) is 10.7. The van der Waals surface area contributed by atoms with E-state index in [1.54, 1.807) is 0 Å². The molecule has 1 aliphatic rings. The molecule has 0 radical (unpaired) electrons. The second-order valence-electron chi connectivity index (χ2n) is 5.70. The van der Waals surface area contributed by atoms with Gasteiger partial charge >= 0.3 is 0 Å². The fraction of sp³-hybridized carbons (Fsp3) is 0.917. The number of carbonyl (C=O) groups is 1. The van der Waals surface area contributed by atoms with E-state index in [1.165, 1.54) is 0 Å². The number of nitrogens with zero attached hydrogens (tertiary/aromatic N) is 1. The maximum Gasteiger partial charge on any atom is 0.236 e. The average molecular weight is 212 g/mol. The van der Waals surface area contributed by atoms with Gasteiger partial charge in [-0.1, -0.05) is 20.8 Å². The monoisotopic (exact) mass is 212 g/mol. The van der Waals surface area contributed by atoms with E-state index in [0.29, 0.717) is 6.54 Å². The molecule has 15 heavy (non-hydrogen) atoms. The number of hydrogen-bond donors (Lipinski definition) is 1. The van der Waals surface area contributed by atoms with E-state index in [9.17, 15) is 4.79 Å². The summed E-state index contributed by atoms with van der Waals surface area (Å²) in [6.07, 6.45) is 2.25. The third-order valence-electron chi connectivity index (χ3n) is 3.89. The number of likely N-dealkylation sites (N-methyl/N-ethyl adjacent to an activating group) is 1. The summed E-state index contributed by atoms with van der Waals surface area (Å²) in [4.78, 5) is 14.0. The van der Waals surface area contributed by atoms with Crippen LogP contribution in [0.3, 0.4) is 0 Å². The van der Waals surface area contributed by atoms with Crippen LogP contribution in [0.5, 0.6) is 0 Å². The fourth-order valence-electron chi connectivity index (χ4n) is 2.39. The van der Waals surface area contributed by atoms with Gasteiger partial charge in [0.25, 0.3) is 0 Å². The van der Waals surface area contributed by atoms with Crippen molar-refractivity contribution >= 4 is 5.91 Å². The number of rotatable bonds is 2. The summed E-state index contributed by atoms with van der Waals surface area (Å²) in [6.45, 7) is 10.2. The van der Waals surface area contributed by atoms with Gasteiger partial charge in [-0.25, -0.2) is 0 Å². The molecule has 0 aliphatic carbocycles. The molecule has 0 bridgehead atoms. The van der Waals surface area contributed by atoms with Crippen LogP contribution < -0.4 is 5.32 Å². The normalized spacial score (nSPS) is 27.1. The third kappa shape index (κ3) is 2.17. The standard InChI is InChI=1S/C12H24N2O/c1-11(2,3)12(4)7-6-8-14(12)10(15)9-13-5/h13H,6-9H2,1-5H3/t12-/m0/s1. The molecular weight excluding hydrogens is 188 g/mol. The predicted octanol–water partition coefficient (Wildman–Crippen LogP) is 1.63. The lowest BCUT2D eigenvalue weighted by Gasteiger charge is -2.45. The minimum atomic E-state index is 0.0148. The summed E-state index contributed by atoms with van der Waals surface area (Å²) in [6, 6.07) is 0. The molecule has 1 aliphatic heterocycles. The summed E-state index contributed by atoms with van der Waals surface area (Å²) in [5, 5.41) is 2.94. The van der Waals surface area contributed by atoms with E-state index >= 15 is 0 Å². The molecule has 1 amide bonds. The van der Waals surface area contributed by atoms with Gasteiger partial charge in [0.2, 0.25) is 5.91 Å². The second-order valence-corrected chi connectivity index (χ2v) is 5.70. The molecule has 1 atom stereocenters. The minimum Gasteiger partial charge on any atom is -0.336 e. The Balaban J connectivity index is 2.85. The molecule has 1 rings (SSSR count). The Bertz CT molecular complexity index is 244. The van der Waals surface area contributed by atoms with Crippen molar-refractivity contribution in [2.75, 3.05) is 20.1 Å². The maximum absolute atomic E-state index is 12.0. The molecule has 1 heterocycles. The largest absolute Gasteiger partial charge is 0.336 e. The zero-order chi connectivity index (χ0) is 11.7. The summed E-state index contributed by atoms with van der Waals surface area (Å²) >= 11 is 0. The number of likely N-dealkylation sites (tertiary alicyclic amines) is 1. The molecule has 1 N–H and O–H groups in total. The SMILES string of the molecule is CNCC(=O)N1CCC[C@@]1(C)C(C)(C)C. The van der Waals surface area contributed by atoms with E-state index in [0.717, 1.165) is 19.4 Å². The van der Waals surface area contributed by atoms with Crippen LogP contribution in [0.4, 0.5) is 0 Å². The molecular formula is C12H24N2O. The maximum atomic E-state index is 12.0. The molecule has 0 spiro atoms. The first-order valence-electron chi connectivity index (χ1n) is 5.78. The van der Waals surface area contributed by atoms with Gasteiger partial charge in [-0.15, -0.1) is 0 Å². The van der Waals surface area contributed by atoms with Crippen molar-refractivity contribution in [3.8, 4) is 0 Å². The highest BCUT2D eigenvalue weighted by molar-refractivity contribution is 5.79. The lowest BCUT2D eigenvalue weighted by Crippen LogP contribution is -2.55. The fourth-order valence-corrected chi connectivity index (χ4v) is 2.39. The van der Waals surface area contributed by atoms with Crippen molar-refractivity contribution in [3.63, 3.8) is 0 Å². The van der Waals surface area contributed by atoms with Crippen molar-refractivity contribution in [1.29, 1.82) is 0 Å². The molecule has 3 nitrogen and oxygen atoms in total. The van der Waals surface area contributed by atoms with Crippen LogP contribution in [0.2, 0.25) is 0 Å². The Morgan fingerprint density at radius 3 is 2.53 bits per heavy atom. The van der Waals surface area contributed by atoms with Crippen molar-refractivity contribution in [2.45, 2.75) is 46.1 Å². The number of hydrogen-bond acceptors (Lipinski definition) is 2. The van der Waals surface area contributed by atoms with E-state index in [-0.39, 0.29) is 16.9 Å². The second kappa shape index (κ2) is 4.12. The molecule has 0 aromatic rings. The molecule has 0 aromatic heterocycles. The highest BCUT2D eigenvalue weighted by atomic mass is 16.2. The van der Waals surface area contributed by atoms with E-state index in [1.807, 2.05) is 7.05 Å². The lowest BCUT2D eigenvalue weighted by molar-refractivity contribution is -0.137. The topological polar surface area (TPSA) is 32.3 Å². The number of nitrogens with one attached hydrogen (secondary N) is 1. The highest BCUT2D eigenvalue weighted by Crippen LogP contribution is 2.43. The van der Waals surface area contributed by atoms with Gasteiger partial charge in [0.15, 0.2) is 0 Å². The average Bonchev–Trinajstić information content (AvgIpc) is 2.48. The lowest BCUT2D eigenvalue weighted by atomic mass is 9.73.